The van der Waals surface area contributed by atoms with Gasteiger partial charge in [0.2, 0.25) is 5.91 Å². The lowest BCUT2D eigenvalue weighted by molar-refractivity contribution is -0.122. The molecule has 1 aromatic heterocycles. The van der Waals surface area contributed by atoms with E-state index in [-0.39, 0.29) is 29.6 Å². The van der Waals surface area contributed by atoms with Crippen LogP contribution in [0, 0.1) is 18.7 Å². The van der Waals surface area contributed by atoms with Crippen molar-refractivity contribution in [3.63, 3.8) is 0 Å². The Morgan fingerprint density at radius 2 is 2.15 bits per heavy atom. The molecular weight excluding hydrogens is 363 g/mol. The number of hydrogen-bond acceptors (Lipinski definition) is 4. The summed E-state index contributed by atoms with van der Waals surface area (Å²) in [6.07, 6.45) is 0.801. The lowest BCUT2D eigenvalue weighted by Gasteiger charge is -2.34. The molecule has 1 amide bonds. The number of carbonyl (C=O) groups is 1. The van der Waals surface area contributed by atoms with Crippen LogP contribution in [0.3, 0.4) is 0 Å². The summed E-state index contributed by atoms with van der Waals surface area (Å²) in [6.45, 7) is 5.94. The summed E-state index contributed by atoms with van der Waals surface area (Å²) in [5.74, 6) is -0.0523. The van der Waals surface area contributed by atoms with E-state index in [4.69, 9.17) is 4.74 Å². The maximum Gasteiger partial charge on any atom is 0.223 e. The van der Waals surface area contributed by atoms with Gasteiger partial charge in [-0.05, 0) is 49.1 Å². The van der Waals surface area contributed by atoms with Gasteiger partial charge in [-0.25, -0.2) is 4.39 Å². The summed E-state index contributed by atoms with van der Waals surface area (Å²) in [5, 5.41) is 3.16. The SMILES string of the molecule is Cc1ccc([C@H](CNC(=O)[C@H]2C[C@H]2c2cccc(F)c2)N2CCOCC2)s1. The number of carbonyl (C=O) groups excluding carboxylic acids is 1. The van der Waals surface area contributed by atoms with Gasteiger partial charge in [-0.15, -0.1) is 11.3 Å². The standard InChI is InChI=1S/C21H25FN2O2S/c1-14-5-6-20(27-14)19(24-7-9-26-10-8-24)13-23-21(25)18-12-17(18)15-3-2-4-16(22)11-15/h2-6,11,17-19H,7-10,12-13H2,1H3,(H,23,25)/t17-,18-,19-/m0/s1. The molecule has 0 radical (unpaired) electrons. The van der Waals surface area contributed by atoms with E-state index in [0.717, 1.165) is 38.3 Å². The van der Waals surface area contributed by atoms with Gasteiger partial charge in [-0.2, -0.15) is 0 Å². The van der Waals surface area contributed by atoms with Crippen LogP contribution >= 0.6 is 11.3 Å². The van der Waals surface area contributed by atoms with Gasteiger partial charge >= 0.3 is 0 Å². The number of nitrogens with zero attached hydrogens (tertiary/aromatic N) is 1. The van der Waals surface area contributed by atoms with Crippen molar-refractivity contribution < 1.29 is 13.9 Å². The van der Waals surface area contributed by atoms with Crippen molar-refractivity contribution >= 4 is 17.2 Å². The third-order valence-corrected chi connectivity index (χ3v) is 6.55. The van der Waals surface area contributed by atoms with Crippen LogP contribution in [0.25, 0.3) is 0 Å². The van der Waals surface area contributed by atoms with Crippen LogP contribution in [-0.2, 0) is 9.53 Å². The molecule has 0 spiro atoms. The lowest BCUT2D eigenvalue weighted by atomic mass is 10.1. The van der Waals surface area contributed by atoms with E-state index in [1.54, 1.807) is 23.5 Å². The Hall–Kier alpha value is -1.76. The molecule has 1 aliphatic carbocycles. The fraction of sp³-hybridized carbons (Fsp3) is 0.476. The normalized spacial score (nSPS) is 23.8. The molecule has 0 unspecified atom stereocenters. The molecule has 1 saturated heterocycles. The van der Waals surface area contributed by atoms with E-state index in [2.05, 4.69) is 29.3 Å². The molecule has 1 aromatic carbocycles. The zero-order chi connectivity index (χ0) is 18.8. The molecule has 0 bridgehead atoms. The van der Waals surface area contributed by atoms with Gasteiger partial charge in [0.05, 0.1) is 19.3 Å². The Bertz CT molecular complexity index is 803. The lowest BCUT2D eigenvalue weighted by Crippen LogP contribution is -2.43. The van der Waals surface area contributed by atoms with Gasteiger partial charge in [-0.3, -0.25) is 9.69 Å². The molecule has 2 aliphatic rings. The highest BCUT2D eigenvalue weighted by atomic mass is 32.1. The zero-order valence-electron chi connectivity index (χ0n) is 15.5. The fourth-order valence-electron chi connectivity index (χ4n) is 3.85. The minimum Gasteiger partial charge on any atom is -0.379 e. The van der Waals surface area contributed by atoms with Crippen molar-refractivity contribution in [3.05, 3.63) is 57.5 Å². The number of aryl methyl sites for hydroxylation is 1. The zero-order valence-corrected chi connectivity index (χ0v) is 16.3. The summed E-state index contributed by atoms with van der Waals surface area (Å²) in [5.41, 5.74) is 0.925. The molecule has 2 heterocycles. The third kappa shape index (κ3) is 4.39. The topological polar surface area (TPSA) is 41.6 Å². The van der Waals surface area contributed by atoms with Gasteiger partial charge in [0, 0.05) is 35.3 Å². The second-order valence-electron chi connectivity index (χ2n) is 7.36. The maximum atomic E-state index is 13.4. The molecule has 1 aliphatic heterocycles. The number of hydrogen-bond donors (Lipinski definition) is 1. The Kier molecular flexibility index (Phi) is 5.57. The molecule has 2 aromatic rings. The van der Waals surface area contributed by atoms with E-state index in [1.807, 2.05) is 6.07 Å². The highest BCUT2D eigenvalue weighted by molar-refractivity contribution is 7.12. The second kappa shape index (κ2) is 8.09. The van der Waals surface area contributed by atoms with E-state index in [0.29, 0.717) is 6.54 Å². The molecule has 2 fully saturated rings. The second-order valence-corrected chi connectivity index (χ2v) is 8.68. The minimum atomic E-state index is -0.237. The number of rotatable bonds is 6. The van der Waals surface area contributed by atoms with Gasteiger partial charge in [0.15, 0.2) is 0 Å². The van der Waals surface area contributed by atoms with Crippen molar-refractivity contribution in [2.75, 3.05) is 32.8 Å². The molecule has 144 valence electrons. The quantitative estimate of drug-likeness (QED) is 0.824. The summed E-state index contributed by atoms with van der Waals surface area (Å²) in [6, 6.07) is 11.1. The van der Waals surface area contributed by atoms with E-state index in [1.165, 1.54) is 15.8 Å². The van der Waals surface area contributed by atoms with Crippen molar-refractivity contribution in [1.29, 1.82) is 0 Å². The predicted octanol–water partition coefficient (Wildman–Crippen LogP) is 3.49. The average molecular weight is 389 g/mol. The summed E-state index contributed by atoms with van der Waals surface area (Å²) in [7, 11) is 0. The fourth-order valence-corrected chi connectivity index (χ4v) is 4.86. The van der Waals surface area contributed by atoms with Crippen molar-refractivity contribution in [2.45, 2.75) is 25.3 Å². The monoisotopic (exact) mass is 388 g/mol. The summed E-state index contributed by atoms with van der Waals surface area (Å²) in [4.78, 5) is 17.6. The number of ether oxygens (including phenoxy) is 1. The Labute approximate surface area is 163 Å². The summed E-state index contributed by atoms with van der Waals surface area (Å²) >= 11 is 1.79. The van der Waals surface area contributed by atoms with Crippen LogP contribution in [0.4, 0.5) is 4.39 Å². The van der Waals surface area contributed by atoms with E-state index < -0.39 is 0 Å². The molecule has 4 nitrogen and oxygen atoms in total. The number of nitrogens with one attached hydrogen (secondary N) is 1. The Balaban J connectivity index is 1.38. The van der Waals surface area contributed by atoms with Gasteiger partial charge in [0.25, 0.3) is 0 Å². The smallest absolute Gasteiger partial charge is 0.223 e. The molecule has 1 saturated carbocycles. The van der Waals surface area contributed by atoms with Gasteiger partial charge in [0.1, 0.15) is 5.82 Å². The molecule has 1 N–H and O–H groups in total. The number of benzene rings is 1. The van der Waals surface area contributed by atoms with Gasteiger partial charge in [-0.1, -0.05) is 12.1 Å². The highest BCUT2D eigenvalue weighted by Gasteiger charge is 2.44. The van der Waals surface area contributed by atoms with Crippen LogP contribution in [0.15, 0.2) is 36.4 Å². The number of halogens is 1. The van der Waals surface area contributed by atoms with E-state index in [9.17, 15) is 9.18 Å². The van der Waals surface area contributed by atoms with Crippen LogP contribution < -0.4 is 5.32 Å². The van der Waals surface area contributed by atoms with Crippen molar-refractivity contribution in [1.82, 2.24) is 10.2 Å². The molecule has 3 atom stereocenters. The minimum absolute atomic E-state index is 0.0396. The molecule has 27 heavy (non-hydrogen) atoms. The molecular formula is C21H25FN2O2S. The van der Waals surface area contributed by atoms with Gasteiger partial charge < -0.3 is 10.1 Å². The number of amides is 1. The first-order valence-corrected chi connectivity index (χ1v) is 10.3. The first kappa shape index (κ1) is 18.6. The van der Waals surface area contributed by atoms with Crippen LogP contribution in [0.5, 0.6) is 0 Å². The van der Waals surface area contributed by atoms with E-state index >= 15 is 0 Å². The van der Waals surface area contributed by atoms with Crippen LogP contribution in [0.2, 0.25) is 0 Å². The largest absolute Gasteiger partial charge is 0.379 e. The van der Waals surface area contributed by atoms with Crippen molar-refractivity contribution in [3.8, 4) is 0 Å². The van der Waals surface area contributed by atoms with Crippen LogP contribution in [-0.4, -0.2) is 43.7 Å². The first-order chi connectivity index (χ1) is 13.1. The van der Waals surface area contributed by atoms with Crippen molar-refractivity contribution in [2.24, 2.45) is 5.92 Å². The Morgan fingerprint density at radius 1 is 1.33 bits per heavy atom. The third-order valence-electron chi connectivity index (χ3n) is 5.45. The number of thiophene rings is 1. The highest BCUT2D eigenvalue weighted by Crippen LogP contribution is 2.47. The Morgan fingerprint density at radius 3 is 2.85 bits per heavy atom. The predicted molar refractivity (Wildman–Crippen MR) is 104 cm³/mol. The average Bonchev–Trinajstić information content (AvgIpc) is 3.38. The molecule has 6 heteroatoms. The first-order valence-electron chi connectivity index (χ1n) is 9.53. The molecule has 4 rings (SSSR count). The maximum absolute atomic E-state index is 13.4. The summed E-state index contributed by atoms with van der Waals surface area (Å²) < 4.78 is 18.9. The van der Waals surface area contributed by atoms with Crippen LogP contribution in [0.1, 0.15) is 33.7 Å². The number of morpholine rings is 1.